The van der Waals surface area contributed by atoms with E-state index in [4.69, 9.17) is 11.6 Å². The molecule has 1 aromatic carbocycles. The van der Waals surface area contributed by atoms with Gasteiger partial charge in [-0.3, -0.25) is 9.59 Å². The minimum Gasteiger partial charge on any atom is -0.360 e. The first kappa shape index (κ1) is 21.6. The minimum absolute atomic E-state index is 0. The molecule has 164 valence electrons. The van der Waals surface area contributed by atoms with E-state index in [9.17, 15) is 9.59 Å². The first-order valence-electron chi connectivity index (χ1n) is 10.5. The Hall–Kier alpha value is -2.60. The molecule has 2 fully saturated rings. The molecule has 0 radical (unpaired) electrons. The second kappa shape index (κ2) is 8.15. The summed E-state index contributed by atoms with van der Waals surface area (Å²) < 4.78 is 0. The first-order chi connectivity index (χ1) is 14.4. The number of halogens is 1. The third-order valence-corrected chi connectivity index (χ3v) is 6.89. The van der Waals surface area contributed by atoms with Gasteiger partial charge in [0.25, 0.3) is 5.91 Å². The van der Waals surface area contributed by atoms with Crippen molar-refractivity contribution in [3.05, 3.63) is 58.2 Å². The van der Waals surface area contributed by atoms with Crippen molar-refractivity contribution in [3.63, 3.8) is 0 Å². The summed E-state index contributed by atoms with van der Waals surface area (Å²) in [5.41, 5.74) is 2.51. The van der Waals surface area contributed by atoms with Gasteiger partial charge in [-0.1, -0.05) is 31.2 Å². The third kappa shape index (κ3) is 3.89. The van der Waals surface area contributed by atoms with Crippen LogP contribution in [0.4, 0.5) is 5.82 Å². The summed E-state index contributed by atoms with van der Waals surface area (Å²) >= 11 is 6.03. The molecule has 2 saturated heterocycles. The lowest BCUT2D eigenvalue weighted by Crippen LogP contribution is -2.39. The molecule has 2 aromatic rings. The second-order valence-electron chi connectivity index (χ2n) is 8.76. The lowest BCUT2D eigenvalue weighted by atomic mass is 9.89. The van der Waals surface area contributed by atoms with Crippen LogP contribution >= 0.6 is 11.6 Å². The maximum Gasteiger partial charge on any atom is 0.255 e. The number of amides is 2. The number of carbonyl (C=O) groups excluding carboxylic acids is 2. The number of pyridine rings is 1. The fraction of sp³-hybridized carbons (Fsp3) is 0.458. The lowest BCUT2D eigenvalue weighted by molar-refractivity contribution is -0.129. The van der Waals surface area contributed by atoms with Gasteiger partial charge in [0.2, 0.25) is 5.91 Å². The number of fused-ring (bicyclic) bond motifs is 1. The summed E-state index contributed by atoms with van der Waals surface area (Å²) in [6.07, 6.45) is 4.83. The van der Waals surface area contributed by atoms with E-state index < -0.39 is 0 Å². The third-order valence-electron chi connectivity index (χ3n) is 6.63. The van der Waals surface area contributed by atoms with Gasteiger partial charge in [0, 0.05) is 43.7 Å². The summed E-state index contributed by atoms with van der Waals surface area (Å²) in [5, 5.41) is 4.22. The van der Waals surface area contributed by atoms with E-state index in [1.165, 1.54) is 0 Å². The van der Waals surface area contributed by atoms with Crippen LogP contribution in [-0.2, 0) is 16.8 Å². The number of nitrogens with one attached hydrogen (secondary N) is 1. The number of carbonyl (C=O) groups is 2. The molecule has 31 heavy (non-hydrogen) atoms. The molecule has 1 N–H and O–H groups in total. The van der Waals surface area contributed by atoms with E-state index in [0.29, 0.717) is 30.1 Å². The Kier molecular flexibility index (Phi) is 5.69. The lowest BCUT2D eigenvalue weighted by Gasteiger charge is -2.25. The number of rotatable bonds is 3. The van der Waals surface area contributed by atoms with Gasteiger partial charge in [-0.2, -0.15) is 0 Å². The molecule has 0 spiro atoms. The number of nitrogens with zero attached hydrogens (tertiary/aromatic N) is 3. The van der Waals surface area contributed by atoms with Crippen molar-refractivity contribution >= 4 is 29.2 Å². The first-order valence-corrected chi connectivity index (χ1v) is 10.9. The van der Waals surface area contributed by atoms with Crippen LogP contribution in [-0.4, -0.2) is 52.3 Å². The Labute approximate surface area is 188 Å². The normalized spacial score (nSPS) is 24.7. The van der Waals surface area contributed by atoms with Crippen molar-refractivity contribution in [2.45, 2.75) is 51.6 Å². The monoisotopic (exact) mass is 440 g/mol. The molecular weight excluding hydrogens is 412 g/mol. The van der Waals surface area contributed by atoms with Crippen LogP contribution in [0, 0.1) is 0 Å². The highest BCUT2D eigenvalue weighted by atomic mass is 35.5. The molecule has 5 rings (SSSR count). The van der Waals surface area contributed by atoms with Gasteiger partial charge in [0.1, 0.15) is 5.82 Å². The van der Waals surface area contributed by atoms with Gasteiger partial charge < -0.3 is 15.1 Å². The Morgan fingerprint density at radius 1 is 1.26 bits per heavy atom. The van der Waals surface area contributed by atoms with Crippen LogP contribution < -0.4 is 5.32 Å². The average molecular weight is 441 g/mol. The summed E-state index contributed by atoms with van der Waals surface area (Å²) in [4.78, 5) is 33.5. The largest absolute Gasteiger partial charge is 0.360 e. The van der Waals surface area contributed by atoms with E-state index in [2.05, 4.69) is 17.2 Å². The van der Waals surface area contributed by atoms with Crippen molar-refractivity contribution in [3.8, 4) is 0 Å². The van der Waals surface area contributed by atoms with Crippen LogP contribution in [0.3, 0.4) is 0 Å². The highest BCUT2D eigenvalue weighted by Gasteiger charge is 2.37. The van der Waals surface area contributed by atoms with Crippen LogP contribution in [0.5, 0.6) is 0 Å². The topological polar surface area (TPSA) is 65.5 Å². The smallest absolute Gasteiger partial charge is 0.255 e. The summed E-state index contributed by atoms with van der Waals surface area (Å²) in [7, 11) is 0. The van der Waals surface area contributed by atoms with Crippen LogP contribution in [0.1, 0.15) is 55.1 Å². The number of anilines is 1. The molecule has 3 aliphatic heterocycles. The van der Waals surface area contributed by atoms with Gasteiger partial charge in [-0.05, 0) is 49.1 Å². The zero-order chi connectivity index (χ0) is 20.9. The number of aromatic nitrogens is 1. The predicted molar refractivity (Wildman–Crippen MR) is 122 cm³/mol. The van der Waals surface area contributed by atoms with Gasteiger partial charge >= 0.3 is 0 Å². The molecule has 0 unspecified atom stereocenters. The fourth-order valence-corrected chi connectivity index (χ4v) is 5.10. The molecule has 0 aliphatic carbocycles. The van der Waals surface area contributed by atoms with E-state index in [1.807, 2.05) is 40.1 Å². The zero-order valence-corrected chi connectivity index (χ0v) is 17.8. The Balaban J connectivity index is 0.00000231. The molecule has 2 atom stereocenters. The Morgan fingerprint density at radius 2 is 2.03 bits per heavy atom. The van der Waals surface area contributed by atoms with Crippen LogP contribution in [0.15, 0.2) is 36.5 Å². The molecule has 0 bridgehead atoms. The molecule has 1 aromatic heterocycles. The minimum atomic E-state index is -0.281. The molecule has 6 nitrogen and oxygen atoms in total. The number of benzene rings is 1. The predicted octanol–water partition coefficient (Wildman–Crippen LogP) is 4.09. The molecule has 3 aliphatic rings. The molecule has 7 heteroatoms. The van der Waals surface area contributed by atoms with Gasteiger partial charge in [-0.15, -0.1) is 0 Å². The molecule has 4 heterocycles. The number of likely N-dealkylation sites (tertiary alicyclic amines) is 2. The summed E-state index contributed by atoms with van der Waals surface area (Å²) in [6.45, 7) is 4.26. The van der Waals surface area contributed by atoms with Crippen molar-refractivity contribution in [1.29, 1.82) is 0 Å². The Morgan fingerprint density at radius 3 is 2.74 bits per heavy atom. The maximum atomic E-state index is 13.1. The van der Waals surface area contributed by atoms with Crippen LogP contribution in [0.25, 0.3) is 0 Å². The standard InChI is InChI=1S/C23H25ClN4O2.CH4/c1-23(17-4-6-18(24)7-5-17)12-15-11-16(13-25-21(15)26-23)22(30)27-10-8-19(14-27)28-9-2-3-20(28)29;/h4-7,11,13,19H,2-3,8-10,12,14H2,1H3,(H,25,26);1H4/t19-,23+;/m0./s1. The highest BCUT2D eigenvalue weighted by Crippen LogP contribution is 2.38. The van der Waals surface area contributed by atoms with Crippen molar-refractivity contribution in [2.24, 2.45) is 0 Å². The maximum absolute atomic E-state index is 13.1. The van der Waals surface area contributed by atoms with Crippen molar-refractivity contribution < 1.29 is 9.59 Å². The average Bonchev–Trinajstić information content (AvgIpc) is 3.45. The SMILES string of the molecule is C.C[C@]1(c2ccc(Cl)cc2)Cc2cc(C(=O)N3CC[C@H](N4CCCC4=O)C3)cnc2N1. The quantitative estimate of drug-likeness (QED) is 0.780. The van der Waals surface area contributed by atoms with Crippen LogP contribution in [0.2, 0.25) is 5.02 Å². The van der Waals surface area contributed by atoms with Crippen molar-refractivity contribution in [2.75, 3.05) is 25.0 Å². The van der Waals surface area contributed by atoms with E-state index >= 15 is 0 Å². The Bertz CT molecular complexity index is 1010. The summed E-state index contributed by atoms with van der Waals surface area (Å²) in [5.74, 6) is 1.05. The fourth-order valence-electron chi connectivity index (χ4n) is 4.97. The number of hydrogen-bond donors (Lipinski definition) is 1. The molecular formula is C24H29ClN4O2. The molecule has 2 amide bonds. The van der Waals surface area contributed by atoms with Gasteiger partial charge in [-0.25, -0.2) is 4.98 Å². The zero-order valence-electron chi connectivity index (χ0n) is 17.0. The van der Waals surface area contributed by atoms with E-state index in [0.717, 1.165) is 42.8 Å². The number of hydrogen-bond acceptors (Lipinski definition) is 4. The molecule has 0 saturated carbocycles. The highest BCUT2D eigenvalue weighted by molar-refractivity contribution is 6.30. The van der Waals surface area contributed by atoms with E-state index in [1.54, 1.807) is 6.20 Å². The second-order valence-corrected chi connectivity index (χ2v) is 9.19. The van der Waals surface area contributed by atoms with Crippen molar-refractivity contribution in [1.82, 2.24) is 14.8 Å². The summed E-state index contributed by atoms with van der Waals surface area (Å²) in [6, 6.07) is 9.96. The van der Waals surface area contributed by atoms with Gasteiger partial charge in [0.05, 0.1) is 17.1 Å². The van der Waals surface area contributed by atoms with E-state index in [-0.39, 0.29) is 30.8 Å². The van der Waals surface area contributed by atoms with Gasteiger partial charge in [0.15, 0.2) is 0 Å².